The first-order chi connectivity index (χ1) is 11.8. The molecule has 1 rings (SSSR count). The zero-order valence-electron chi connectivity index (χ0n) is 15.9. The lowest BCUT2D eigenvalue weighted by molar-refractivity contribution is -0.128. The van der Waals surface area contributed by atoms with Gasteiger partial charge in [-0.25, -0.2) is 4.79 Å². The number of amides is 2. The maximum atomic E-state index is 12.4. The summed E-state index contributed by atoms with van der Waals surface area (Å²) in [6.07, 6.45) is -1.35. The summed E-state index contributed by atoms with van der Waals surface area (Å²) in [6.45, 7) is 10.7. The average molecular weight is 405 g/mol. The average Bonchev–Trinajstić information content (AvgIpc) is 2.48. The lowest BCUT2D eigenvalue weighted by Crippen LogP contribution is -2.54. The van der Waals surface area contributed by atoms with Crippen LogP contribution in [0.15, 0.2) is 18.2 Å². The van der Waals surface area contributed by atoms with Gasteiger partial charge in [-0.15, -0.1) is 0 Å². The first-order valence-corrected chi connectivity index (χ1v) is 8.96. The second-order valence-electron chi connectivity index (χ2n) is 7.54. The Bertz CT molecular complexity index is 657. The van der Waals surface area contributed by atoms with Gasteiger partial charge in [-0.2, -0.15) is 0 Å². The number of carbonyl (C=O) groups excluding carboxylic acids is 2. The normalized spacial score (nSPS) is 12.9. The van der Waals surface area contributed by atoms with Gasteiger partial charge < -0.3 is 20.1 Å². The number of hydrogen-bond donors (Lipinski definition) is 2. The number of hydrogen-bond acceptors (Lipinski definition) is 4. The highest BCUT2D eigenvalue weighted by atomic mass is 35.5. The van der Waals surface area contributed by atoms with Gasteiger partial charge in [0, 0.05) is 6.54 Å². The molecule has 0 aliphatic rings. The van der Waals surface area contributed by atoms with Crippen LogP contribution < -0.4 is 15.4 Å². The molecule has 0 spiro atoms. The van der Waals surface area contributed by atoms with Crippen LogP contribution in [0.2, 0.25) is 10.0 Å². The summed E-state index contributed by atoms with van der Waals surface area (Å²) in [5, 5.41) is 6.05. The topological polar surface area (TPSA) is 76.7 Å². The molecular weight excluding hydrogens is 379 g/mol. The molecule has 1 aromatic carbocycles. The predicted molar refractivity (Wildman–Crippen MR) is 103 cm³/mol. The highest BCUT2D eigenvalue weighted by molar-refractivity contribution is 6.42. The SMILES string of the molecule is CC(Oc1cccc(Cl)c1Cl)C(=O)NC(C)(C)CNC(=O)OC(C)(C)C. The van der Waals surface area contributed by atoms with Crippen LogP contribution in [0.25, 0.3) is 0 Å². The molecule has 8 heteroatoms. The van der Waals surface area contributed by atoms with Crippen molar-refractivity contribution in [2.75, 3.05) is 6.54 Å². The maximum absolute atomic E-state index is 12.4. The van der Waals surface area contributed by atoms with E-state index in [0.29, 0.717) is 10.8 Å². The summed E-state index contributed by atoms with van der Waals surface area (Å²) in [5.41, 5.74) is -1.29. The monoisotopic (exact) mass is 404 g/mol. The Labute approximate surface area is 164 Å². The highest BCUT2D eigenvalue weighted by Gasteiger charge is 2.26. The number of ether oxygens (including phenoxy) is 2. The summed E-state index contributed by atoms with van der Waals surface area (Å²) < 4.78 is 10.8. The predicted octanol–water partition coefficient (Wildman–Crippen LogP) is 4.18. The lowest BCUT2D eigenvalue weighted by atomic mass is 10.1. The second kappa shape index (κ2) is 8.82. The van der Waals surface area contributed by atoms with Gasteiger partial charge in [-0.05, 0) is 53.7 Å². The van der Waals surface area contributed by atoms with Crippen LogP contribution in [0, 0.1) is 0 Å². The summed E-state index contributed by atoms with van der Waals surface area (Å²) in [5.74, 6) is -0.0245. The summed E-state index contributed by atoms with van der Waals surface area (Å²) in [4.78, 5) is 24.1. The molecule has 2 amide bonds. The summed E-state index contributed by atoms with van der Waals surface area (Å²) in [6, 6.07) is 4.95. The molecule has 2 N–H and O–H groups in total. The van der Waals surface area contributed by atoms with Crippen LogP contribution in [0.3, 0.4) is 0 Å². The van der Waals surface area contributed by atoms with E-state index in [4.69, 9.17) is 32.7 Å². The number of benzene rings is 1. The van der Waals surface area contributed by atoms with Crippen molar-refractivity contribution in [3.63, 3.8) is 0 Å². The molecule has 0 aromatic heterocycles. The van der Waals surface area contributed by atoms with Gasteiger partial charge in [-0.1, -0.05) is 29.3 Å². The van der Waals surface area contributed by atoms with Gasteiger partial charge in [0.05, 0.1) is 10.6 Å². The number of halogens is 2. The van der Waals surface area contributed by atoms with Crippen molar-refractivity contribution in [1.29, 1.82) is 0 Å². The minimum absolute atomic E-state index is 0.193. The molecule has 0 bridgehead atoms. The van der Waals surface area contributed by atoms with Crippen molar-refractivity contribution in [1.82, 2.24) is 10.6 Å². The minimum atomic E-state index is -0.799. The van der Waals surface area contributed by atoms with Gasteiger partial charge in [0.1, 0.15) is 16.4 Å². The van der Waals surface area contributed by atoms with E-state index < -0.39 is 23.3 Å². The third-order valence-electron chi connectivity index (χ3n) is 3.12. The second-order valence-corrected chi connectivity index (χ2v) is 8.33. The fraction of sp³-hybridized carbons (Fsp3) is 0.556. The molecular formula is C18H26Cl2N2O4. The molecule has 26 heavy (non-hydrogen) atoms. The largest absolute Gasteiger partial charge is 0.479 e. The molecule has 0 saturated heterocycles. The van der Waals surface area contributed by atoms with Crippen molar-refractivity contribution in [2.45, 2.75) is 58.8 Å². The first-order valence-electron chi connectivity index (χ1n) is 8.20. The van der Waals surface area contributed by atoms with E-state index in [-0.39, 0.29) is 17.5 Å². The van der Waals surface area contributed by atoms with Crippen molar-refractivity contribution >= 4 is 35.2 Å². The molecule has 146 valence electrons. The van der Waals surface area contributed by atoms with Gasteiger partial charge in [0.2, 0.25) is 0 Å². The van der Waals surface area contributed by atoms with E-state index in [0.717, 1.165) is 0 Å². The third-order valence-corrected chi connectivity index (χ3v) is 3.93. The number of alkyl carbamates (subject to hydrolysis) is 1. The Balaban J connectivity index is 2.58. The van der Waals surface area contributed by atoms with E-state index in [1.54, 1.807) is 59.7 Å². The van der Waals surface area contributed by atoms with E-state index in [2.05, 4.69) is 10.6 Å². The zero-order valence-corrected chi connectivity index (χ0v) is 17.4. The number of nitrogens with one attached hydrogen (secondary N) is 2. The molecule has 1 unspecified atom stereocenters. The van der Waals surface area contributed by atoms with Crippen LogP contribution >= 0.6 is 23.2 Å². The summed E-state index contributed by atoms with van der Waals surface area (Å²) in [7, 11) is 0. The maximum Gasteiger partial charge on any atom is 0.407 e. The highest BCUT2D eigenvalue weighted by Crippen LogP contribution is 2.32. The standard InChI is InChI=1S/C18H26Cl2N2O4/c1-11(25-13-9-7-8-12(19)14(13)20)15(23)22-18(5,6)10-21-16(24)26-17(2,3)4/h7-9,11H,10H2,1-6H3,(H,21,24)(H,22,23). The molecule has 0 fully saturated rings. The van der Waals surface area contributed by atoms with Crippen molar-refractivity contribution in [2.24, 2.45) is 0 Å². The molecule has 0 radical (unpaired) electrons. The van der Waals surface area contributed by atoms with E-state index >= 15 is 0 Å². The smallest absolute Gasteiger partial charge is 0.407 e. The van der Waals surface area contributed by atoms with E-state index in [1.807, 2.05) is 0 Å². The van der Waals surface area contributed by atoms with Crippen molar-refractivity contribution in [3.05, 3.63) is 28.2 Å². The zero-order chi connectivity index (χ0) is 20.1. The third kappa shape index (κ3) is 7.70. The Morgan fingerprint density at radius 3 is 2.35 bits per heavy atom. The fourth-order valence-electron chi connectivity index (χ4n) is 1.91. The number of rotatable bonds is 6. The Hall–Kier alpha value is -1.66. The van der Waals surface area contributed by atoms with Gasteiger partial charge in [0.25, 0.3) is 5.91 Å². The molecule has 0 aliphatic heterocycles. The van der Waals surface area contributed by atoms with Gasteiger partial charge in [-0.3, -0.25) is 4.79 Å². The van der Waals surface area contributed by atoms with Crippen molar-refractivity contribution < 1.29 is 19.1 Å². The van der Waals surface area contributed by atoms with Crippen LogP contribution in [0.1, 0.15) is 41.5 Å². The Morgan fingerprint density at radius 1 is 1.15 bits per heavy atom. The van der Waals surface area contributed by atoms with Crippen LogP contribution in [0.5, 0.6) is 5.75 Å². The quantitative estimate of drug-likeness (QED) is 0.745. The Kier molecular flexibility index (Phi) is 7.59. The van der Waals surface area contributed by atoms with E-state index in [9.17, 15) is 9.59 Å². The molecule has 1 aromatic rings. The van der Waals surface area contributed by atoms with Crippen LogP contribution in [-0.4, -0.2) is 35.8 Å². The van der Waals surface area contributed by atoms with Crippen molar-refractivity contribution in [3.8, 4) is 5.75 Å². The first kappa shape index (κ1) is 22.4. The van der Waals surface area contributed by atoms with Gasteiger partial charge in [0.15, 0.2) is 6.10 Å². The van der Waals surface area contributed by atoms with Crippen LogP contribution in [-0.2, 0) is 9.53 Å². The minimum Gasteiger partial charge on any atom is -0.479 e. The molecule has 1 atom stereocenters. The number of carbonyl (C=O) groups is 2. The summed E-state index contributed by atoms with van der Waals surface area (Å²) >= 11 is 12.0. The molecule has 0 saturated carbocycles. The molecule has 0 heterocycles. The fourth-order valence-corrected chi connectivity index (χ4v) is 2.24. The molecule has 0 aliphatic carbocycles. The molecule has 6 nitrogen and oxygen atoms in total. The van der Waals surface area contributed by atoms with E-state index in [1.165, 1.54) is 0 Å². The Morgan fingerprint density at radius 2 is 1.77 bits per heavy atom. The van der Waals surface area contributed by atoms with Gasteiger partial charge >= 0.3 is 6.09 Å². The lowest BCUT2D eigenvalue weighted by Gasteiger charge is -2.29. The van der Waals surface area contributed by atoms with Crippen LogP contribution in [0.4, 0.5) is 4.79 Å².